The lowest BCUT2D eigenvalue weighted by atomic mass is 10.0. The molecule has 0 saturated heterocycles. The third-order valence-electron chi connectivity index (χ3n) is 4.82. The van der Waals surface area contributed by atoms with Gasteiger partial charge in [-0.3, -0.25) is 0 Å². The summed E-state index contributed by atoms with van der Waals surface area (Å²) in [6.45, 7) is 13.5. The van der Waals surface area contributed by atoms with E-state index >= 15 is 0 Å². The van der Waals surface area contributed by atoms with Gasteiger partial charge in [-0.05, 0) is 63.8 Å². The molecule has 0 aliphatic rings. The van der Waals surface area contributed by atoms with Crippen LogP contribution in [0.4, 0.5) is 0 Å². The zero-order chi connectivity index (χ0) is 26.8. The molecule has 36 heavy (non-hydrogen) atoms. The highest BCUT2D eigenvalue weighted by Gasteiger charge is 2.19. The van der Waals surface area contributed by atoms with Gasteiger partial charge in [0.1, 0.15) is 13.2 Å². The van der Waals surface area contributed by atoms with E-state index in [0.717, 1.165) is 11.1 Å². The molecule has 0 spiro atoms. The van der Waals surface area contributed by atoms with Crippen LogP contribution in [0.5, 0.6) is 23.0 Å². The first kappa shape index (κ1) is 28.6. The third kappa shape index (κ3) is 8.55. The zero-order valence-electron chi connectivity index (χ0n) is 21.2. The normalized spacial score (nSPS) is 12.3. The molecule has 2 aromatic carbocycles. The average molecular weight is 499 g/mol. The van der Waals surface area contributed by atoms with Crippen molar-refractivity contribution in [3.63, 3.8) is 0 Å². The lowest BCUT2D eigenvalue weighted by Crippen LogP contribution is -2.16. The standard InChI is InChI=1S/C28H34O8/c1-17(2)27(31)35-23-11-7-9-21(25(23)33-15-19(5)29)13-14-22-10-8-12-24(36-28(32)18(3)4)26(22)34-16-20(6)30/h7-12,19-20,29-30H,1,3,13-16H2,2,4-6H3. The molecule has 8 heteroatoms. The summed E-state index contributed by atoms with van der Waals surface area (Å²) in [7, 11) is 0. The van der Waals surface area contributed by atoms with Crippen molar-refractivity contribution in [2.75, 3.05) is 13.2 Å². The van der Waals surface area contributed by atoms with Gasteiger partial charge >= 0.3 is 11.9 Å². The highest BCUT2D eigenvalue weighted by atomic mass is 16.6. The number of hydrogen-bond acceptors (Lipinski definition) is 8. The Balaban J connectivity index is 2.39. The summed E-state index contributed by atoms with van der Waals surface area (Å²) < 4.78 is 22.5. The Bertz CT molecular complexity index is 1010. The minimum atomic E-state index is -0.733. The topological polar surface area (TPSA) is 112 Å². The summed E-state index contributed by atoms with van der Waals surface area (Å²) in [6.07, 6.45) is -0.585. The van der Waals surface area contributed by atoms with Crippen LogP contribution in [0.15, 0.2) is 60.7 Å². The summed E-state index contributed by atoms with van der Waals surface area (Å²) >= 11 is 0. The number of carbonyl (C=O) groups excluding carboxylic acids is 2. The minimum absolute atomic E-state index is 0.00370. The van der Waals surface area contributed by atoms with E-state index in [1.165, 1.54) is 0 Å². The van der Waals surface area contributed by atoms with Crippen LogP contribution in [0, 0.1) is 0 Å². The van der Waals surface area contributed by atoms with Crippen LogP contribution in [-0.4, -0.2) is 47.6 Å². The lowest BCUT2D eigenvalue weighted by molar-refractivity contribution is -0.131. The fourth-order valence-corrected chi connectivity index (χ4v) is 3.06. The zero-order valence-corrected chi connectivity index (χ0v) is 21.2. The molecular weight excluding hydrogens is 464 g/mol. The molecule has 2 rings (SSSR count). The maximum atomic E-state index is 12.1. The molecule has 0 radical (unpaired) electrons. The Kier molecular flexibility index (Phi) is 10.7. The number of rotatable bonds is 13. The Hall–Kier alpha value is -3.62. The van der Waals surface area contributed by atoms with E-state index in [4.69, 9.17) is 18.9 Å². The van der Waals surface area contributed by atoms with Gasteiger partial charge in [0, 0.05) is 11.1 Å². The highest BCUT2D eigenvalue weighted by Crippen LogP contribution is 2.36. The van der Waals surface area contributed by atoms with Crippen LogP contribution >= 0.6 is 0 Å². The number of carbonyl (C=O) groups is 2. The molecule has 2 atom stereocenters. The van der Waals surface area contributed by atoms with Crippen molar-refractivity contribution in [1.82, 2.24) is 0 Å². The number of aryl methyl sites for hydroxylation is 2. The summed E-state index contributed by atoms with van der Waals surface area (Å²) in [5.41, 5.74) is 1.94. The van der Waals surface area contributed by atoms with Gasteiger partial charge in [-0.15, -0.1) is 0 Å². The van der Waals surface area contributed by atoms with Gasteiger partial charge in [0.05, 0.1) is 12.2 Å². The monoisotopic (exact) mass is 498 g/mol. The Morgan fingerprint density at radius 1 is 0.750 bits per heavy atom. The Labute approximate surface area is 211 Å². The van der Waals surface area contributed by atoms with Crippen LogP contribution in [0.2, 0.25) is 0 Å². The van der Waals surface area contributed by atoms with Crippen LogP contribution in [0.3, 0.4) is 0 Å². The molecule has 0 fully saturated rings. The van der Waals surface area contributed by atoms with E-state index in [1.807, 2.05) is 12.1 Å². The van der Waals surface area contributed by atoms with E-state index in [-0.39, 0.29) is 35.9 Å². The number of benzene rings is 2. The molecule has 8 nitrogen and oxygen atoms in total. The summed E-state index contributed by atoms with van der Waals surface area (Å²) in [5.74, 6) is -0.0647. The van der Waals surface area contributed by atoms with Crippen molar-refractivity contribution < 1.29 is 38.7 Å². The van der Waals surface area contributed by atoms with Crippen molar-refractivity contribution >= 4 is 11.9 Å². The molecule has 2 aromatic rings. The van der Waals surface area contributed by atoms with Gasteiger partial charge in [0.2, 0.25) is 0 Å². The first-order valence-corrected chi connectivity index (χ1v) is 11.6. The number of para-hydroxylation sites is 2. The third-order valence-corrected chi connectivity index (χ3v) is 4.82. The van der Waals surface area contributed by atoms with Gasteiger partial charge in [-0.25, -0.2) is 9.59 Å². The quantitative estimate of drug-likeness (QED) is 0.243. The first-order chi connectivity index (χ1) is 17.0. The van der Waals surface area contributed by atoms with E-state index < -0.39 is 24.1 Å². The second kappa shape index (κ2) is 13.5. The molecule has 2 N–H and O–H groups in total. The van der Waals surface area contributed by atoms with Crippen molar-refractivity contribution in [2.45, 2.75) is 52.7 Å². The van der Waals surface area contributed by atoms with Crippen LogP contribution < -0.4 is 18.9 Å². The predicted octanol–water partition coefficient (Wildman–Crippen LogP) is 3.95. The second-order valence-corrected chi connectivity index (χ2v) is 8.65. The SMILES string of the molecule is C=C(C)C(=O)Oc1cccc(CCc2cccc(OC(=O)C(=C)C)c2OCC(C)O)c1OCC(C)O. The Morgan fingerprint density at radius 3 is 1.42 bits per heavy atom. The van der Waals surface area contributed by atoms with E-state index in [0.29, 0.717) is 24.3 Å². The maximum Gasteiger partial charge on any atom is 0.338 e. The minimum Gasteiger partial charge on any atom is -0.487 e. The van der Waals surface area contributed by atoms with E-state index in [9.17, 15) is 19.8 Å². The molecule has 0 bridgehead atoms. The molecule has 0 aromatic heterocycles. The van der Waals surface area contributed by atoms with Gasteiger partial charge < -0.3 is 29.2 Å². The van der Waals surface area contributed by atoms with E-state index in [2.05, 4.69) is 13.2 Å². The number of hydrogen-bond donors (Lipinski definition) is 2. The summed E-state index contributed by atoms with van der Waals surface area (Å²) in [5, 5.41) is 19.4. The number of aliphatic hydroxyl groups excluding tert-OH is 2. The summed E-state index contributed by atoms with van der Waals surface area (Å²) in [6, 6.07) is 10.4. The molecule has 0 aliphatic heterocycles. The Morgan fingerprint density at radius 2 is 1.11 bits per heavy atom. The van der Waals surface area contributed by atoms with E-state index in [1.54, 1.807) is 52.0 Å². The highest BCUT2D eigenvalue weighted by molar-refractivity contribution is 5.89. The van der Waals surface area contributed by atoms with Crippen molar-refractivity contribution in [2.24, 2.45) is 0 Å². The van der Waals surface area contributed by atoms with Crippen molar-refractivity contribution in [1.29, 1.82) is 0 Å². The maximum absolute atomic E-state index is 12.1. The van der Waals surface area contributed by atoms with Gasteiger partial charge in [0.25, 0.3) is 0 Å². The molecule has 0 amide bonds. The first-order valence-electron chi connectivity index (χ1n) is 11.6. The van der Waals surface area contributed by atoms with Gasteiger partial charge in [-0.1, -0.05) is 37.4 Å². The average Bonchev–Trinajstić information content (AvgIpc) is 2.80. The lowest BCUT2D eigenvalue weighted by Gasteiger charge is -2.19. The molecular formula is C28H34O8. The second-order valence-electron chi connectivity index (χ2n) is 8.65. The fraction of sp³-hybridized carbons (Fsp3) is 0.357. The predicted molar refractivity (Wildman–Crippen MR) is 136 cm³/mol. The molecule has 2 unspecified atom stereocenters. The van der Waals surface area contributed by atoms with Crippen LogP contribution in [0.1, 0.15) is 38.8 Å². The molecule has 194 valence electrons. The number of aliphatic hydroxyl groups is 2. The summed E-state index contributed by atoms with van der Waals surface area (Å²) in [4.78, 5) is 24.3. The number of esters is 2. The largest absolute Gasteiger partial charge is 0.487 e. The van der Waals surface area contributed by atoms with Crippen molar-refractivity contribution in [3.05, 3.63) is 71.8 Å². The van der Waals surface area contributed by atoms with Gasteiger partial charge in [-0.2, -0.15) is 0 Å². The smallest absolute Gasteiger partial charge is 0.338 e. The molecule has 0 heterocycles. The number of ether oxygens (including phenoxy) is 4. The van der Waals surface area contributed by atoms with Crippen LogP contribution in [-0.2, 0) is 22.4 Å². The molecule has 0 saturated carbocycles. The molecule has 0 aliphatic carbocycles. The van der Waals surface area contributed by atoms with Crippen LogP contribution in [0.25, 0.3) is 0 Å². The van der Waals surface area contributed by atoms with Gasteiger partial charge in [0.15, 0.2) is 23.0 Å². The van der Waals surface area contributed by atoms with Crippen molar-refractivity contribution in [3.8, 4) is 23.0 Å². The fourth-order valence-electron chi connectivity index (χ4n) is 3.06.